The third-order valence-electron chi connectivity index (χ3n) is 6.75. The van der Waals surface area contributed by atoms with Crippen molar-refractivity contribution < 1.29 is 9.59 Å². The van der Waals surface area contributed by atoms with Crippen LogP contribution in [0.15, 0.2) is 72.9 Å². The van der Waals surface area contributed by atoms with Gasteiger partial charge in [0.2, 0.25) is 11.8 Å². The highest BCUT2D eigenvalue weighted by Crippen LogP contribution is 2.26. The number of rotatable bonds is 5. The molecule has 1 N–H and O–H groups in total. The van der Waals surface area contributed by atoms with Gasteiger partial charge in [0.05, 0.1) is 13.1 Å². The average Bonchev–Trinajstić information content (AvgIpc) is 3.02. The Labute approximate surface area is 210 Å². The van der Waals surface area contributed by atoms with E-state index in [1.807, 2.05) is 67.5 Å². The highest BCUT2D eigenvalue weighted by atomic mass is 16.2. The largest absolute Gasteiger partial charge is 0.358 e. The van der Waals surface area contributed by atoms with Gasteiger partial charge >= 0.3 is 0 Å². The molecule has 7 nitrogen and oxygen atoms in total. The quantitative estimate of drug-likeness (QED) is 0.428. The topological polar surface area (TPSA) is 70.5 Å². The summed E-state index contributed by atoms with van der Waals surface area (Å²) in [6.45, 7) is 3.41. The zero-order valence-corrected chi connectivity index (χ0v) is 20.7. The summed E-state index contributed by atoms with van der Waals surface area (Å²) in [4.78, 5) is 33.5. The second kappa shape index (κ2) is 9.70. The smallest absolute Gasteiger partial charge is 0.246 e. The highest BCUT2D eigenvalue weighted by molar-refractivity contribution is 5.95. The van der Waals surface area contributed by atoms with E-state index in [-0.39, 0.29) is 18.4 Å². The van der Waals surface area contributed by atoms with Gasteiger partial charge in [-0.1, -0.05) is 36.4 Å². The Bertz CT molecular complexity index is 1430. The number of carbonyl (C=O) groups is 2. The van der Waals surface area contributed by atoms with E-state index in [2.05, 4.69) is 33.9 Å². The van der Waals surface area contributed by atoms with Crippen LogP contribution < -0.4 is 10.2 Å². The molecule has 1 aliphatic heterocycles. The summed E-state index contributed by atoms with van der Waals surface area (Å²) >= 11 is 0. The molecule has 0 unspecified atom stereocenters. The number of carbonyl (C=O) groups excluding carboxylic acids is 2. The number of benzene rings is 2. The summed E-state index contributed by atoms with van der Waals surface area (Å²) in [6.07, 6.45) is 5.03. The fraction of sp³-hybridized carbons (Fsp3) is 0.207. The normalized spacial score (nSPS) is 13.5. The van der Waals surface area contributed by atoms with E-state index in [0.717, 1.165) is 28.0 Å². The first-order valence-electron chi connectivity index (χ1n) is 12.0. The summed E-state index contributed by atoms with van der Waals surface area (Å²) in [7, 11) is 3.85. The molecule has 36 heavy (non-hydrogen) atoms. The maximum atomic E-state index is 12.9. The van der Waals surface area contributed by atoms with Crippen molar-refractivity contribution in [3.8, 4) is 0 Å². The Morgan fingerprint density at radius 3 is 2.64 bits per heavy atom. The number of nitrogens with one attached hydrogen (secondary N) is 1. The Hall–Kier alpha value is -4.39. The molecule has 0 atom stereocenters. The molecule has 0 radical (unpaired) electrons. The van der Waals surface area contributed by atoms with E-state index in [1.54, 1.807) is 23.2 Å². The number of pyridine rings is 1. The van der Waals surface area contributed by atoms with Gasteiger partial charge in [0, 0.05) is 60.8 Å². The molecule has 0 spiro atoms. The Morgan fingerprint density at radius 2 is 1.86 bits per heavy atom. The molecule has 0 aliphatic carbocycles. The van der Waals surface area contributed by atoms with Crippen LogP contribution in [0.3, 0.4) is 0 Å². The van der Waals surface area contributed by atoms with Gasteiger partial charge < -0.3 is 19.7 Å². The first-order chi connectivity index (χ1) is 17.4. The summed E-state index contributed by atoms with van der Waals surface area (Å²) in [6, 6.07) is 20.1. The zero-order valence-electron chi connectivity index (χ0n) is 20.7. The summed E-state index contributed by atoms with van der Waals surface area (Å²) in [5, 5.41) is 4.10. The van der Waals surface area contributed by atoms with E-state index < -0.39 is 0 Å². The van der Waals surface area contributed by atoms with Crippen molar-refractivity contribution in [2.24, 2.45) is 7.05 Å². The number of aromatic nitrogens is 2. The van der Waals surface area contributed by atoms with Crippen molar-refractivity contribution in [3.63, 3.8) is 0 Å². The van der Waals surface area contributed by atoms with Gasteiger partial charge in [0.1, 0.15) is 5.82 Å². The van der Waals surface area contributed by atoms with E-state index in [0.29, 0.717) is 18.9 Å². The first-order valence-corrected chi connectivity index (χ1v) is 12.0. The maximum Gasteiger partial charge on any atom is 0.246 e. The van der Waals surface area contributed by atoms with Gasteiger partial charge in [0.25, 0.3) is 0 Å². The van der Waals surface area contributed by atoms with Crippen molar-refractivity contribution >= 4 is 40.3 Å². The van der Waals surface area contributed by atoms with Crippen LogP contribution in [0.2, 0.25) is 0 Å². The van der Waals surface area contributed by atoms with Gasteiger partial charge in [-0.05, 0) is 48.4 Å². The first kappa shape index (κ1) is 23.4. The molecule has 3 heterocycles. The van der Waals surface area contributed by atoms with Gasteiger partial charge in [0.15, 0.2) is 0 Å². The molecule has 0 bridgehead atoms. The van der Waals surface area contributed by atoms with E-state index in [1.165, 1.54) is 10.9 Å². The minimum absolute atomic E-state index is 0.0891. The number of nitrogens with zero attached hydrogens (tertiary/aromatic N) is 4. The second-order valence-electron chi connectivity index (χ2n) is 9.19. The number of para-hydroxylation sites is 2. The number of anilines is 2. The molecule has 2 amide bonds. The van der Waals surface area contributed by atoms with Gasteiger partial charge in [-0.15, -0.1) is 0 Å². The zero-order chi connectivity index (χ0) is 25.2. The van der Waals surface area contributed by atoms with E-state index in [9.17, 15) is 9.59 Å². The molecule has 7 heteroatoms. The van der Waals surface area contributed by atoms with Crippen LogP contribution >= 0.6 is 0 Å². The van der Waals surface area contributed by atoms with Crippen molar-refractivity contribution in [1.29, 1.82) is 0 Å². The molecule has 0 fully saturated rings. The molecule has 2 aromatic heterocycles. The third kappa shape index (κ3) is 4.60. The van der Waals surface area contributed by atoms with Crippen LogP contribution in [0.1, 0.15) is 22.4 Å². The van der Waals surface area contributed by atoms with Crippen molar-refractivity contribution in [3.05, 3.63) is 95.3 Å². The van der Waals surface area contributed by atoms with Crippen LogP contribution in [0.4, 0.5) is 11.5 Å². The molecule has 2 aromatic carbocycles. The molecule has 1 aliphatic rings. The van der Waals surface area contributed by atoms with E-state index >= 15 is 0 Å². The van der Waals surface area contributed by atoms with Crippen LogP contribution in [0, 0.1) is 6.92 Å². The molecule has 0 saturated carbocycles. The lowest BCUT2D eigenvalue weighted by molar-refractivity contribution is -0.125. The van der Waals surface area contributed by atoms with Crippen molar-refractivity contribution in [2.45, 2.75) is 20.0 Å². The lowest BCUT2D eigenvalue weighted by Gasteiger charge is -2.21. The van der Waals surface area contributed by atoms with E-state index in [4.69, 9.17) is 0 Å². The Balaban J connectivity index is 1.32. The van der Waals surface area contributed by atoms with Gasteiger partial charge in [-0.3, -0.25) is 9.59 Å². The predicted octanol–water partition coefficient (Wildman–Crippen LogP) is 4.51. The molecular weight excluding hydrogens is 450 g/mol. The lowest BCUT2D eigenvalue weighted by Crippen LogP contribution is -2.29. The second-order valence-corrected chi connectivity index (χ2v) is 9.19. The molecule has 182 valence electrons. The molecule has 5 rings (SSSR count). The number of aryl methyl sites for hydroxylation is 2. The monoisotopic (exact) mass is 479 g/mol. The highest BCUT2D eigenvalue weighted by Gasteiger charge is 2.21. The Morgan fingerprint density at radius 1 is 1.11 bits per heavy atom. The number of hydrogen-bond donors (Lipinski definition) is 1. The number of amides is 2. The van der Waals surface area contributed by atoms with Gasteiger partial charge in [-0.25, -0.2) is 4.98 Å². The van der Waals surface area contributed by atoms with Gasteiger partial charge in [-0.2, -0.15) is 0 Å². The maximum absolute atomic E-state index is 12.9. The lowest BCUT2D eigenvalue weighted by atomic mass is 10.1. The standard InChI is InChI=1S/C29H29N5O2/c1-20-24-11-7-8-12-25(24)33(3)26(20)18-32(2)28(36)14-13-21-15-22-17-34(23-9-5-4-6-10-23)19-27(35)31-29(22)30-16-21/h4-16H,17-19H2,1-3H3,(H,30,31,35). The third-order valence-corrected chi connectivity index (χ3v) is 6.75. The van der Waals surface area contributed by atoms with Crippen LogP contribution in [0.25, 0.3) is 17.0 Å². The van der Waals surface area contributed by atoms with Crippen LogP contribution in [-0.2, 0) is 29.7 Å². The van der Waals surface area contributed by atoms with Crippen molar-refractivity contribution in [1.82, 2.24) is 14.5 Å². The summed E-state index contributed by atoms with van der Waals surface area (Å²) < 4.78 is 2.15. The molecule has 0 saturated heterocycles. The minimum Gasteiger partial charge on any atom is -0.358 e. The van der Waals surface area contributed by atoms with Crippen molar-refractivity contribution in [2.75, 3.05) is 23.8 Å². The van der Waals surface area contributed by atoms with Crippen LogP contribution in [-0.4, -0.2) is 39.9 Å². The molecular formula is C29H29N5O2. The molecule has 4 aromatic rings. The summed E-state index contributed by atoms with van der Waals surface area (Å²) in [5.41, 5.74) is 6.15. The number of likely N-dealkylation sites (N-methyl/N-ethyl adjacent to an activating group) is 1. The van der Waals surface area contributed by atoms with Crippen LogP contribution in [0.5, 0.6) is 0 Å². The summed E-state index contributed by atoms with van der Waals surface area (Å²) in [5.74, 6) is 0.368. The SMILES string of the molecule is Cc1c(CN(C)C(=O)C=Cc2cnc3c(c2)CN(c2ccccc2)CC(=O)N3)n(C)c2ccccc12. The average molecular weight is 480 g/mol. The minimum atomic E-state index is -0.103. The number of hydrogen-bond acceptors (Lipinski definition) is 4. The number of fused-ring (bicyclic) bond motifs is 2. The predicted molar refractivity (Wildman–Crippen MR) is 144 cm³/mol. The Kier molecular flexibility index (Phi) is 6.29. The fourth-order valence-electron chi connectivity index (χ4n) is 4.74. The fourth-order valence-corrected chi connectivity index (χ4v) is 4.74.